The molecule has 23 heavy (non-hydrogen) atoms. The second-order valence-electron chi connectivity index (χ2n) is 6.12. The Hall–Kier alpha value is -1.11. The van der Waals surface area contributed by atoms with Crippen LogP contribution in [0.3, 0.4) is 0 Å². The molecule has 130 valence electrons. The first kappa shape index (κ1) is 18.2. The number of hydrogen-bond acceptors (Lipinski definition) is 4. The van der Waals surface area contributed by atoms with Crippen molar-refractivity contribution in [1.82, 2.24) is 15.5 Å². The SMILES string of the molecule is CN=C(NCCOC)NCC(c1cccs1)N1CCC(C)CC1. The summed E-state index contributed by atoms with van der Waals surface area (Å²) < 4.78 is 5.07. The lowest BCUT2D eigenvalue weighted by Gasteiger charge is -2.36. The maximum absolute atomic E-state index is 5.07. The molecule has 1 unspecified atom stereocenters. The number of hydrogen-bond donors (Lipinski definition) is 2. The molecule has 0 radical (unpaired) electrons. The lowest BCUT2D eigenvalue weighted by Crippen LogP contribution is -2.45. The second kappa shape index (κ2) is 9.90. The molecule has 1 aliphatic rings. The number of rotatable bonds is 7. The summed E-state index contributed by atoms with van der Waals surface area (Å²) in [5.41, 5.74) is 0. The van der Waals surface area contributed by atoms with E-state index < -0.39 is 0 Å². The molecule has 0 aromatic carbocycles. The van der Waals surface area contributed by atoms with E-state index in [9.17, 15) is 0 Å². The third kappa shape index (κ3) is 5.79. The highest BCUT2D eigenvalue weighted by Gasteiger charge is 2.25. The maximum atomic E-state index is 5.07. The molecule has 1 atom stereocenters. The summed E-state index contributed by atoms with van der Waals surface area (Å²) in [4.78, 5) is 8.34. The summed E-state index contributed by atoms with van der Waals surface area (Å²) in [7, 11) is 3.52. The van der Waals surface area contributed by atoms with E-state index in [1.54, 1.807) is 7.11 Å². The van der Waals surface area contributed by atoms with Gasteiger partial charge in [0.25, 0.3) is 0 Å². The van der Waals surface area contributed by atoms with Gasteiger partial charge in [0.1, 0.15) is 0 Å². The summed E-state index contributed by atoms with van der Waals surface area (Å²) >= 11 is 1.84. The van der Waals surface area contributed by atoms with Crippen molar-refractivity contribution in [2.45, 2.75) is 25.8 Å². The minimum absolute atomic E-state index is 0.420. The summed E-state index contributed by atoms with van der Waals surface area (Å²) in [6.45, 7) is 7.04. The maximum Gasteiger partial charge on any atom is 0.191 e. The Balaban J connectivity index is 1.92. The first-order valence-electron chi connectivity index (χ1n) is 8.45. The highest BCUT2D eigenvalue weighted by Crippen LogP contribution is 2.28. The molecule has 0 spiro atoms. The first-order chi connectivity index (χ1) is 11.2. The van der Waals surface area contributed by atoms with E-state index in [-0.39, 0.29) is 0 Å². The third-order valence-corrected chi connectivity index (χ3v) is 5.39. The molecular weight excluding hydrogens is 308 g/mol. The fraction of sp³-hybridized carbons (Fsp3) is 0.706. The molecule has 1 aromatic rings. The molecule has 0 bridgehead atoms. The molecule has 0 amide bonds. The van der Waals surface area contributed by atoms with Crippen molar-refractivity contribution in [2.24, 2.45) is 10.9 Å². The van der Waals surface area contributed by atoms with Gasteiger partial charge in [-0.1, -0.05) is 13.0 Å². The minimum atomic E-state index is 0.420. The van der Waals surface area contributed by atoms with Crippen LogP contribution in [0.15, 0.2) is 22.5 Å². The molecule has 1 saturated heterocycles. The number of likely N-dealkylation sites (tertiary alicyclic amines) is 1. The normalized spacial score (nSPS) is 18.8. The van der Waals surface area contributed by atoms with E-state index in [1.807, 2.05) is 18.4 Å². The molecule has 2 rings (SSSR count). The van der Waals surface area contributed by atoms with E-state index in [0.717, 1.165) is 25.0 Å². The summed E-state index contributed by atoms with van der Waals surface area (Å²) in [5.74, 6) is 1.70. The van der Waals surface area contributed by atoms with Crippen molar-refractivity contribution < 1.29 is 4.74 Å². The summed E-state index contributed by atoms with van der Waals surface area (Å²) in [6, 6.07) is 4.81. The Morgan fingerprint density at radius 3 is 2.83 bits per heavy atom. The molecule has 0 saturated carbocycles. The fourth-order valence-corrected chi connectivity index (χ4v) is 3.78. The van der Waals surface area contributed by atoms with Crippen molar-refractivity contribution in [3.63, 3.8) is 0 Å². The number of methoxy groups -OCH3 is 1. The van der Waals surface area contributed by atoms with Crippen molar-refractivity contribution in [3.8, 4) is 0 Å². The van der Waals surface area contributed by atoms with Crippen molar-refractivity contribution in [1.29, 1.82) is 0 Å². The Labute approximate surface area is 144 Å². The molecule has 1 fully saturated rings. The smallest absolute Gasteiger partial charge is 0.191 e. The minimum Gasteiger partial charge on any atom is -0.383 e. The number of guanidine groups is 1. The van der Waals surface area contributed by atoms with Crippen LogP contribution in [0.25, 0.3) is 0 Å². The van der Waals surface area contributed by atoms with Crippen LogP contribution in [0.4, 0.5) is 0 Å². The Morgan fingerprint density at radius 1 is 1.43 bits per heavy atom. The van der Waals surface area contributed by atoms with E-state index in [0.29, 0.717) is 12.6 Å². The predicted molar refractivity (Wildman–Crippen MR) is 98.3 cm³/mol. The highest BCUT2D eigenvalue weighted by molar-refractivity contribution is 7.10. The van der Waals surface area contributed by atoms with Crippen LogP contribution in [0.5, 0.6) is 0 Å². The largest absolute Gasteiger partial charge is 0.383 e. The Morgan fingerprint density at radius 2 is 2.22 bits per heavy atom. The topological polar surface area (TPSA) is 48.9 Å². The number of ether oxygens (including phenoxy) is 1. The number of nitrogens with one attached hydrogen (secondary N) is 2. The van der Waals surface area contributed by atoms with Crippen LogP contribution >= 0.6 is 11.3 Å². The number of piperidine rings is 1. The first-order valence-corrected chi connectivity index (χ1v) is 9.33. The zero-order chi connectivity index (χ0) is 16.5. The molecule has 2 N–H and O–H groups in total. The molecule has 1 aliphatic heterocycles. The van der Waals surface area contributed by atoms with Crippen LogP contribution in [0.2, 0.25) is 0 Å². The lowest BCUT2D eigenvalue weighted by molar-refractivity contribution is 0.140. The average molecular weight is 339 g/mol. The van der Waals surface area contributed by atoms with E-state index in [4.69, 9.17) is 4.74 Å². The predicted octanol–water partition coefficient (Wildman–Crippen LogP) is 2.33. The van der Waals surface area contributed by atoms with Gasteiger partial charge in [-0.05, 0) is 43.3 Å². The average Bonchev–Trinajstić information content (AvgIpc) is 3.09. The Bertz CT molecular complexity index is 455. The van der Waals surface area contributed by atoms with Crippen LogP contribution in [0, 0.1) is 5.92 Å². The van der Waals surface area contributed by atoms with Crippen molar-refractivity contribution in [2.75, 3.05) is 46.9 Å². The Kier molecular flexibility index (Phi) is 7.85. The fourth-order valence-electron chi connectivity index (χ4n) is 2.92. The zero-order valence-corrected chi connectivity index (χ0v) is 15.4. The third-order valence-electron chi connectivity index (χ3n) is 4.42. The van der Waals surface area contributed by atoms with Gasteiger partial charge in [-0.2, -0.15) is 0 Å². The van der Waals surface area contributed by atoms with Gasteiger partial charge in [-0.3, -0.25) is 9.89 Å². The molecule has 6 heteroatoms. The van der Waals surface area contributed by atoms with Crippen molar-refractivity contribution >= 4 is 17.3 Å². The number of thiophene rings is 1. The molecule has 0 aliphatic carbocycles. The lowest BCUT2D eigenvalue weighted by atomic mass is 9.97. The number of nitrogens with zero attached hydrogens (tertiary/aromatic N) is 2. The van der Waals surface area contributed by atoms with Gasteiger partial charge < -0.3 is 15.4 Å². The van der Waals surface area contributed by atoms with Crippen LogP contribution < -0.4 is 10.6 Å². The van der Waals surface area contributed by atoms with E-state index >= 15 is 0 Å². The molecule has 5 nitrogen and oxygen atoms in total. The van der Waals surface area contributed by atoms with Gasteiger partial charge in [-0.15, -0.1) is 11.3 Å². The van der Waals surface area contributed by atoms with Gasteiger partial charge in [0, 0.05) is 32.1 Å². The molecule has 2 heterocycles. The zero-order valence-electron chi connectivity index (χ0n) is 14.5. The van der Waals surface area contributed by atoms with Gasteiger partial charge in [-0.25, -0.2) is 0 Å². The van der Waals surface area contributed by atoms with E-state index in [1.165, 1.54) is 30.8 Å². The monoisotopic (exact) mass is 338 g/mol. The summed E-state index contributed by atoms with van der Waals surface area (Å²) in [5, 5.41) is 8.92. The van der Waals surface area contributed by atoms with Crippen LogP contribution in [-0.2, 0) is 4.74 Å². The highest BCUT2D eigenvalue weighted by atomic mass is 32.1. The second-order valence-corrected chi connectivity index (χ2v) is 7.10. The van der Waals surface area contributed by atoms with Crippen LogP contribution in [0.1, 0.15) is 30.7 Å². The standard InChI is InChI=1S/C17H30N4OS/c1-14-6-9-21(10-7-14)15(16-5-4-12-23-16)13-20-17(18-2)19-8-11-22-3/h4-5,12,14-15H,6-11,13H2,1-3H3,(H2,18,19,20). The van der Waals surface area contributed by atoms with Gasteiger partial charge in [0.05, 0.1) is 12.6 Å². The molecule has 1 aromatic heterocycles. The van der Waals surface area contributed by atoms with Gasteiger partial charge in [0.2, 0.25) is 0 Å². The van der Waals surface area contributed by atoms with Gasteiger partial charge in [0.15, 0.2) is 5.96 Å². The van der Waals surface area contributed by atoms with Crippen molar-refractivity contribution in [3.05, 3.63) is 22.4 Å². The quantitative estimate of drug-likeness (QED) is 0.455. The summed E-state index contributed by atoms with van der Waals surface area (Å²) in [6.07, 6.45) is 2.59. The van der Waals surface area contributed by atoms with Gasteiger partial charge >= 0.3 is 0 Å². The number of aliphatic imine (C=N–C) groups is 1. The van der Waals surface area contributed by atoms with Crippen LogP contribution in [-0.4, -0.2) is 57.8 Å². The van der Waals surface area contributed by atoms with E-state index in [2.05, 4.69) is 45.0 Å². The molecular formula is C17H30N4OS.